The van der Waals surface area contributed by atoms with Crippen molar-refractivity contribution in [2.24, 2.45) is 0 Å². The Labute approximate surface area is 146 Å². The third kappa shape index (κ3) is 3.39. The third-order valence-corrected chi connectivity index (χ3v) is 5.65. The smallest absolute Gasteiger partial charge is 0.253 e. The summed E-state index contributed by atoms with van der Waals surface area (Å²) in [6.45, 7) is 2.03. The maximum atomic E-state index is 12.8. The molecular weight excluding hydrogens is 335 g/mol. The first-order valence-electron chi connectivity index (χ1n) is 7.95. The summed E-state index contributed by atoms with van der Waals surface area (Å²) >= 11 is 11.9. The average Bonchev–Trinajstić information content (AvgIpc) is 3.17. The van der Waals surface area contributed by atoms with E-state index in [2.05, 4.69) is 4.90 Å². The summed E-state index contributed by atoms with van der Waals surface area (Å²) < 4.78 is 0. The standard InChI is InChI=1S/C17H20Cl2N2O2/c1-20(17(23)11-4-5-13(18)14(19)8-11)15-9-12(22)10-16(15)21-6-2-3-7-21/h4-5,8,15-16H,2-3,6-7,9-10H2,1H3. The Hall–Kier alpha value is -1.10. The summed E-state index contributed by atoms with van der Waals surface area (Å²) in [6.07, 6.45) is 3.32. The molecule has 1 heterocycles. The Morgan fingerprint density at radius 2 is 1.87 bits per heavy atom. The number of nitrogens with zero attached hydrogens (tertiary/aromatic N) is 2. The van der Waals surface area contributed by atoms with Crippen molar-refractivity contribution in [1.29, 1.82) is 0 Å². The second kappa shape index (κ2) is 6.80. The fraction of sp³-hybridized carbons (Fsp3) is 0.529. The molecule has 1 saturated heterocycles. The van der Waals surface area contributed by atoms with Gasteiger partial charge < -0.3 is 4.90 Å². The van der Waals surface area contributed by atoms with Crippen molar-refractivity contribution in [1.82, 2.24) is 9.80 Å². The normalized spacial score (nSPS) is 25.1. The number of Topliss-reactive ketones (excluding diaryl/α,β-unsaturated/α-hetero) is 1. The molecule has 1 aliphatic heterocycles. The molecule has 1 aromatic rings. The van der Waals surface area contributed by atoms with Crippen LogP contribution in [-0.2, 0) is 4.79 Å². The number of rotatable bonds is 3. The first-order chi connectivity index (χ1) is 11.0. The van der Waals surface area contributed by atoms with Gasteiger partial charge in [-0.1, -0.05) is 23.2 Å². The van der Waals surface area contributed by atoms with E-state index in [1.165, 1.54) is 12.8 Å². The van der Waals surface area contributed by atoms with E-state index in [1.807, 2.05) is 0 Å². The summed E-state index contributed by atoms with van der Waals surface area (Å²) in [4.78, 5) is 28.8. The van der Waals surface area contributed by atoms with Gasteiger partial charge in [-0.2, -0.15) is 0 Å². The summed E-state index contributed by atoms with van der Waals surface area (Å²) in [5.74, 6) is 0.119. The van der Waals surface area contributed by atoms with Crippen LogP contribution in [0.5, 0.6) is 0 Å². The third-order valence-electron chi connectivity index (χ3n) is 4.91. The highest BCUT2D eigenvalue weighted by Crippen LogP contribution is 2.30. The van der Waals surface area contributed by atoms with Crippen molar-refractivity contribution in [3.8, 4) is 0 Å². The molecule has 0 aromatic heterocycles. The van der Waals surface area contributed by atoms with Crippen LogP contribution in [0.1, 0.15) is 36.0 Å². The fourth-order valence-corrected chi connectivity index (χ4v) is 3.94. The van der Waals surface area contributed by atoms with E-state index in [0.717, 1.165) is 13.1 Å². The van der Waals surface area contributed by atoms with Gasteiger partial charge in [0, 0.05) is 31.5 Å². The zero-order valence-corrected chi connectivity index (χ0v) is 14.6. The van der Waals surface area contributed by atoms with Gasteiger partial charge in [0.15, 0.2) is 0 Å². The largest absolute Gasteiger partial charge is 0.337 e. The lowest BCUT2D eigenvalue weighted by molar-refractivity contribution is -0.117. The van der Waals surface area contributed by atoms with Crippen molar-refractivity contribution in [3.05, 3.63) is 33.8 Å². The number of carbonyl (C=O) groups excluding carboxylic acids is 2. The van der Waals surface area contributed by atoms with E-state index in [-0.39, 0.29) is 23.8 Å². The molecule has 3 rings (SSSR count). The quantitative estimate of drug-likeness (QED) is 0.836. The lowest BCUT2D eigenvalue weighted by Crippen LogP contribution is -2.48. The Balaban J connectivity index is 1.79. The number of hydrogen-bond acceptors (Lipinski definition) is 3. The van der Waals surface area contributed by atoms with Crippen LogP contribution < -0.4 is 0 Å². The van der Waals surface area contributed by atoms with Crippen molar-refractivity contribution in [2.75, 3.05) is 20.1 Å². The van der Waals surface area contributed by atoms with Crippen LogP contribution >= 0.6 is 23.2 Å². The van der Waals surface area contributed by atoms with E-state index in [4.69, 9.17) is 23.2 Å². The number of ketones is 1. The summed E-state index contributed by atoms with van der Waals surface area (Å²) in [5, 5.41) is 0.793. The Morgan fingerprint density at radius 3 is 2.52 bits per heavy atom. The molecule has 2 unspecified atom stereocenters. The molecule has 2 fully saturated rings. The van der Waals surface area contributed by atoms with Gasteiger partial charge in [0.25, 0.3) is 5.91 Å². The zero-order chi connectivity index (χ0) is 16.6. The predicted octanol–water partition coefficient (Wildman–Crippen LogP) is 3.26. The van der Waals surface area contributed by atoms with Gasteiger partial charge in [0.05, 0.1) is 16.1 Å². The van der Waals surface area contributed by atoms with Gasteiger partial charge in [-0.25, -0.2) is 0 Å². The molecule has 2 atom stereocenters. The summed E-state index contributed by atoms with van der Waals surface area (Å²) in [5.41, 5.74) is 0.501. The minimum absolute atomic E-state index is 0.0671. The van der Waals surface area contributed by atoms with Crippen LogP contribution in [0.3, 0.4) is 0 Å². The number of carbonyl (C=O) groups is 2. The number of likely N-dealkylation sites (N-methyl/N-ethyl adjacent to an activating group) is 1. The average molecular weight is 355 g/mol. The van der Waals surface area contributed by atoms with Gasteiger partial charge in [-0.15, -0.1) is 0 Å². The molecule has 1 aromatic carbocycles. The molecule has 23 heavy (non-hydrogen) atoms. The molecule has 1 aliphatic carbocycles. The van der Waals surface area contributed by atoms with Gasteiger partial charge in [0.2, 0.25) is 0 Å². The highest BCUT2D eigenvalue weighted by atomic mass is 35.5. The first kappa shape index (κ1) is 16.7. The summed E-state index contributed by atoms with van der Waals surface area (Å²) in [6, 6.07) is 4.96. The van der Waals surface area contributed by atoms with Crippen LogP contribution in [-0.4, -0.2) is 53.7 Å². The molecule has 0 N–H and O–H groups in total. The highest BCUT2D eigenvalue weighted by molar-refractivity contribution is 6.42. The lowest BCUT2D eigenvalue weighted by atomic mass is 10.1. The summed E-state index contributed by atoms with van der Waals surface area (Å²) in [7, 11) is 1.77. The Kier molecular flexibility index (Phi) is 4.95. The van der Waals surface area contributed by atoms with Crippen LogP contribution in [0.15, 0.2) is 18.2 Å². The second-order valence-corrected chi connectivity index (χ2v) is 7.18. The first-order valence-corrected chi connectivity index (χ1v) is 8.71. The predicted molar refractivity (Wildman–Crippen MR) is 91.2 cm³/mol. The molecule has 1 amide bonds. The molecular formula is C17H20Cl2N2O2. The van der Waals surface area contributed by atoms with Crippen molar-refractivity contribution >= 4 is 34.9 Å². The molecule has 0 bridgehead atoms. The molecule has 2 aliphatic rings. The van der Waals surface area contributed by atoms with Crippen molar-refractivity contribution in [2.45, 2.75) is 37.8 Å². The molecule has 124 valence electrons. The van der Waals surface area contributed by atoms with Crippen LogP contribution in [0, 0.1) is 0 Å². The molecule has 0 spiro atoms. The Bertz CT molecular complexity index is 629. The SMILES string of the molecule is CN(C(=O)c1ccc(Cl)c(Cl)c1)C1CC(=O)CC1N1CCCC1. The zero-order valence-electron chi connectivity index (χ0n) is 13.1. The molecule has 6 heteroatoms. The van der Waals surface area contributed by atoms with Gasteiger partial charge in [0.1, 0.15) is 5.78 Å². The van der Waals surface area contributed by atoms with Gasteiger partial charge in [-0.3, -0.25) is 14.5 Å². The minimum Gasteiger partial charge on any atom is -0.337 e. The van der Waals surface area contributed by atoms with Crippen LogP contribution in [0.2, 0.25) is 10.0 Å². The maximum absolute atomic E-state index is 12.8. The van der Waals surface area contributed by atoms with E-state index in [9.17, 15) is 9.59 Å². The molecule has 4 nitrogen and oxygen atoms in total. The number of amides is 1. The number of benzene rings is 1. The number of halogens is 2. The number of hydrogen-bond donors (Lipinski definition) is 0. The highest BCUT2D eigenvalue weighted by Gasteiger charge is 2.41. The van der Waals surface area contributed by atoms with Crippen LogP contribution in [0.25, 0.3) is 0 Å². The van der Waals surface area contributed by atoms with Crippen LogP contribution in [0.4, 0.5) is 0 Å². The Morgan fingerprint density at radius 1 is 1.17 bits per heavy atom. The van der Waals surface area contributed by atoms with E-state index < -0.39 is 0 Å². The lowest BCUT2D eigenvalue weighted by Gasteiger charge is -2.34. The monoisotopic (exact) mass is 354 g/mol. The van der Waals surface area contributed by atoms with Gasteiger partial charge in [-0.05, 0) is 44.1 Å². The van der Waals surface area contributed by atoms with Crippen molar-refractivity contribution in [3.63, 3.8) is 0 Å². The topological polar surface area (TPSA) is 40.6 Å². The van der Waals surface area contributed by atoms with Crippen molar-refractivity contribution < 1.29 is 9.59 Å². The van der Waals surface area contributed by atoms with E-state index in [1.54, 1.807) is 30.1 Å². The fourth-order valence-electron chi connectivity index (χ4n) is 3.65. The molecule has 0 radical (unpaired) electrons. The van der Waals surface area contributed by atoms with E-state index >= 15 is 0 Å². The molecule has 1 saturated carbocycles. The second-order valence-electron chi connectivity index (χ2n) is 6.37. The minimum atomic E-state index is -0.118. The number of likely N-dealkylation sites (tertiary alicyclic amines) is 1. The maximum Gasteiger partial charge on any atom is 0.253 e. The van der Waals surface area contributed by atoms with E-state index in [0.29, 0.717) is 28.5 Å². The van der Waals surface area contributed by atoms with Gasteiger partial charge >= 0.3 is 0 Å².